The summed E-state index contributed by atoms with van der Waals surface area (Å²) in [6, 6.07) is 0. The molecule has 7 nitrogen and oxygen atoms in total. The number of hydrogen-bond acceptors (Lipinski definition) is 6. The highest BCUT2D eigenvalue weighted by Gasteiger charge is 2.42. The Bertz CT molecular complexity index is 265. The van der Waals surface area contributed by atoms with Crippen LogP contribution < -0.4 is 0 Å². The SMILES string of the molecule is CCO[Si](COC(=O)CCC(=O)O)(OCC)OCC. The Morgan fingerprint density at radius 2 is 1.42 bits per heavy atom. The number of carbonyl (C=O) groups is 2. The molecule has 0 amide bonds. The first-order chi connectivity index (χ1) is 8.99. The molecule has 0 spiro atoms. The number of carboxylic acid groups (broad SMARTS) is 1. The van der Waals surface area contributed by atoms with Crippen molar-refractivity contribution in [3.8, 4) is 0 Å². The molecular weight excluding hydrogens is 272 g/mol. The average molecular weight is 294 g/mol. The van der Waals surface area contributed by atoms with Gasteiger partial charge in [-0.25, -0.2) is 0 Å². The summed E-state index contributed by atoms with van der Waals surface area (Å²) >= 11 is 0. The number of hydrogen-bond donors (Lipinski definition) is 1. The lowest BCUT2D eigenvalue weighted by Gasteiger charge is -2.27. The largest absolute Gasteiger partial charge is 0.540 e. The molecule has 0 aromatic carbocycles. The standard InChI is InChI=1S/C11H22O7Si/c1-4-16-19(17-5-2,18-6-3)9-15-11(14)8-7-10(12)13/h4-9H2,1-3H3,(H,12,13). The smallest absolute Gasteiger partial charge is 0.481 e. The van der Waals surface area contributed by atoms with Gasteiger partial charge in [-0.15, -0.1) is 0 Å². The lowest BCUT2D eigenvalue weighted by atomic mass is 10.3. The minimum absolute atomic E-state index is 0.0963. The monoisotopic (exact) mass is 294 g/mol. The molecule has 19 heavy (non-hydrogen) atoms. The predicted octanol–water partition coefficient (Wildman–Crippen LogP) is 0.982. The molecular formula is C11H22O7Si. The van der Waals surface area contributed by atoms with Crippen molar-refractivity contribution in [3.63, 3.8) is 0 Å². The molecule has 0 bridgehead atoms. The molecule has 112 valence electrons. The second-order valence-electron chi connectivity index (χ2n) is 3.54. The number of carbonyl (C=O) groups excluding carboxylic acids is 1. The summed E-state index contributed by atoms with van der Waals surface area (Å²) in [5.74, 6) is -1.64. The van der Waals surface area contributed by atoms with E-state index < -0.39 is 20.7 Å². The molecule has 0 rings (SSSR count). The van der Waals surface area contributed by atoms with Crippen LogP contribution in [0.2, 0.25) is 0 Å². The molecule has 0 heterocycles. The molecule has 0 aliphatic carbocycles. The van der Waals surface area contributed by atoms with Crippen LogP contribution in [0.3, 0.4) is 0 Å². The Hall–Kier alpha value is -0.963. The summed E-state index contributed by atoms with van der Waals surface area (Å²) in [5.41, 5.74) is 0. The van der Waals surface area contributed by atoms with E-state index in [0.29, 0.717) is 19.8 Å². The zero-order valence-corrected chi connectivity index (χ0v) is 12.6. The van der Waals surface area contributed by atoms with Gasteiger partial charge in [0.05, 0.1) is 12.8 Å². The molecule has 0 saturated heterocycles. The number of ether oxygens (including phenoxy) is 1. The molecule has 0 aliphatic rings. The van der Waals surface area contributed by atoms with E-state index in [9.17, 15) is 9.59 Å². The minimum atomic E-state index is -3.00. The van der Waals surface area contributed by atoms with Crippen LogP contribution >= 0.6 is 0 Å². The summed E-state index contributed by atoms with van der Waals surface area (Å²) in [6.45, 7) is 6.56. The fourth-order valence-electron chi connectivity index (χ4n) is 1.36. The molecule has 0 unspecified atom stereocenters. The quantitative estimate of drug-likeness (QED) is 0.448. The molecule has 0 atom stereocenters. The summed E-state index contributed by atoms with van der Waals surface area (Å²) in [5, 5.41) is 8.47. The van der Waals surface area contributed by atoms with Crippen molar-refractivity contribution in [1.29, 1.82) is 0 Å². The van der Waals surface area contributed by atoms with Crippen LogP contribution in [0.5, 0.6) is 0 Å². The first-order valence-electron chi connectivity index (χ1n) is 6.29. The first kappa shape index (κ1) is 18.0. The Balaban J connectivity index is 4.37. The summed E-state index contributed by atoms with van der Waals surface area (Å²) in [4.78, 5) is 21.7. The van der Waals surface area contributed by atoms with Crippen molar-refractivity contribution in [2.75, 3.05) is 26.1 Å². The predicted molar refractivity (Wildman–Crippen MR) is 68.5 cm³/mol. The van der Waals surface area contributed by atoms with Crippen LogP contribution in [-0.2, 0) is 27.6 Å². The highest BCUT2D eigenvalue weighted by molar-refractivity contribution is 6.60. The number of carboxylic acids is 1. The van der Waals surface area contributed by atoms with Gasteiger partial charge >= 0.3 is 20.7 Å². The number of rotatable bonds is 11. The van der Waals surface area contributed by atoms with Crippen LogP contribution in [0.4, 0.5) is 0 Å². The first-order valence-corrected chi connectivity index (χ1v) is 8.22. The Labute approximate surface area is 114 Å². The van der Waals surface area contributed by atoms with E-state index in [1.807, 2.05) is 0 Å². The Kier molecular flexibility index (Phi) is 9.40. The van der Waals surface area contributed by atoms with Gasteiger partial charge in [-0.05, 0) is 20.8 Å². The van der Waals surface area contributed by atoms with Crippen LogP contribution in [-0.4, -0.2) is 51.9 Å². The fourth-order valence-corrected chi connectivity index (χ4v) is 3.52. The van der Waals surface area contributed by atoms with Crippen LogP contribution in [0, 0.1) is 0 Å². The van der Waals surface area contributed by atoms with Crippen molar-refractivity contribution in [2.45, 2.75) is 33.6 Å². The third kappa shape index (κ3) is 7.93. The molecule has 0 aromatic rings. The maximum Gasteiger partial charge on any atom is 0.540 e. The van der Waals surface area contributed by atoms with Gasteiger partial charge < -0.3 is 23.1 Å². The van der Waals surface area contributed by atoms with Gasteiger partial charge in [-0.2, -0.15) is 0 Å². The summed E-state index contributed by atoms with van der Waals surface area (Å²) in [7, 11) is -3.00. The molecule has 0 aromatic heterocycles. The highest BCUT2D eigenvalue weighted by Crippen LogP contribution is 2.11. The van der Waals surface area contributed by atoms with E-state index in [1.54, 1.807) is 20.8 Å². The van der Waals surface area contributed by atoms with Gasteiger partial charge in [-0.3, -0.25) is 9.59 Å². The van der Waals surface area contributed by atoms with Crippen molar-refractivity contribution >= 4 is 20.7 Å². The fraction of sp³-hybridized carbons (Fsp3) is 0.818. The second kappa shape index (κ2) is 9.90. The zero-order valence-electron chi connectivity index (χ0n) is 11.6. The van der Waals surface area contributed by atoms with Crippen molar-refractivity contribution in [2.24, 2.45) is 0 Å². The van der Waals surface area contributed by atoms with Crippen LogP contribution in [0.15, 0.2) is 0 Å². The Morgan fingerprint density at radius 3 is 1.79 bits per heavy atom. The third-order valence-corrected chi connectivity index (χ3v) is 4.73. The van der Waals surface area contributed by atoms with E-state index in [1.165, 1.54) is 0 Å². The maximum atomic E-state index is 11.4. The van der Waals surface area contributed by atoms with Crippen LogP contribution in [0.25, 0.3) is 0 Å². The van der Waals surface area contributed by atoms with E-state index in [-0.39, 0.29) is 19.1 Å². The number of esters is 1. The molecule has 8 heteroatoms. The second-order valence-corrected chi connectivity index (χ2v) is 6.06. The van der Waals surface area contributed by atoms with E-state index >= 15 is 0 Å². The topological polar surface area (TPSA) is 91.3 Å². The lowest BCUT2D eigenvalue weighted by molar-refractivity contribution is -0.147. The maximum absolute atomic E-state index is 11.4. The molecule has 0 aliphatic heterocycles. The molecule has 0 fully saturated rings. The normalized spacial score (nSPS) is 11.3. The van der Waals surface area contributed by atoms with Gasteiger partial charge in [0.15, 0.2) is 6.23 Å². The van der Waals surface area contributed by atoms with Gasteiger partial charge in [0.25, 0.3) is 0 Å². The number of aliphatic carboxylic acids is 1. The van der Waals surface area contributed by atoms with Crippen molar-refractivity contribution in [3.05, 3.63) is 0 Å². The average Bonchev–Trinajstić information content (AvgIpc) is 2.35. The lowest BCUT2D eigenvalue weighted by Crippen LogP contribution is -2.51. The van der Waals surface area contributed by atoms with Gasteiger partial charge in [-0.1, -0.05) is 0 Å². The van der Waals surface area contributed by atoms with Gasteiger partial charge in [0.2, 0.25) is 0 Å². The van der Waals surface area contributed by atoms with E-state index in [0.717, 1.165) is 0 Å². The van der Waals surface area contributed by atoms with Crippen molar-refractivity contribution < 1.29 is 32.7 Å². The molecule has 0 saturated carbocycles. The molecule has 1 N–H and O–H groups in total. The van der Waals surface area contributed by atoms with Gasteiger partial charge in [0.1, 0.15) is 0 Å². The van der Waals surface area contributed by atoms with E-state index in [4.69, 9.17) is 23.1 Å². The van der Waals surface area contributed by atoms with Gasteiger partial charge in [0, 0.05) is 19.8 Å². The van der Waals surface area contributed by atoms with E-state index in [2.05, 4.69) is 0 Å². The third-order valence-electron chi connectivity index (χ3n) is 2.05. The van der Waals surface area contributed by atoms with Crippen molar-refractivity contribution in [1.82, 2.24) is 0 Å². The summed E-state index contributed by atoms with van der Waals surface area (Å²) < 4.78 is 21.5. The van der Waals surface area contributed by atoms with Crippen LogP contribution in [0.1, 0.15) is 33.6 Å². The Morgan fingerprint density at radius 1 is 0.947 bits per heavy atom. The molecule has 0 radical (unpaired) electrons. The zero-order chi connectivity index (χ0) is 14.7. The summed E-state index contributed by atoms with van der Waals surface area (Å²) in [6.07, 6.45) is -0.531. The highest BCUT2D eigenvalue weighted by atomic mass is 28.4. The minimum Gasteiger partial charge on any atom is -0.481 e.